The van der Waals surface area contributed by atoms with Gasteiger partial charge in [0.15, 0.2) is 18.4 Å². The molecule has 1 aliphatic carbocycles. The molecule has 0 aromatic rings. The SMILES string of the molecule is CC[C@H](C)[C@H]1O[C@]2(CC(O)[C@@H]1C)C[C@@H]1C[C@@H](C/C=C(\C)[C@@H](O[C@H]3C[C@H](OC)[C@@H](O[C@H]4C[C@H](OC)[C@@H](O)[C@H](C)O4)[C@H](C)O3)[C@@H](C)/C=C/C=C3\CO[C@@H]4[C@H](OC)C(C)=C[C@@H](C(=O)O1)[C@]34O)O2. The van der Waals surface area contributed by atoms with Crippen LogP contribution in [0, 0.1) is 23.7 Å². The van der Waals surface area contributed by atoms with Crippen molar-refractivity contribution in [3.8, 4) is 0 Å². The van der Waals surface area contributed by atoms with E-state index in [1.165, 1.54) is 0 Å². The Labute approximate surface area is 379 Å². The summed E-state index contributed by atoms with van der Waals surface area (Å²) in [5.74, 6) is -2.98. The number of rotatable bonds is 9. The van der Waals surface area contributed by atoms with Gasteiger partial charge in [-0.05, 0) is 56.8 Å². The minimum Gasteiger partial charge on any atom is -0.462 e. The van der Waals surface area contributed by atoms with Crippen molar-refractivity contribution in [1.29, 1.82) is 0 Å². The second-order valence-corrected chi connectivity index (χ2v) is 19.7. The Balaban J connectivity index is 1.20. The van der Waals surface area contributed by atoms with E-state index in [1.54, 1.807) is 34.3 Å². The zero-order chi connectivity index (χ0) is 46.2. The molecule has 0 aromatic carbocycles. The van der Waals surface area contributed by atoms with Crippen molar-refractivity contribution in [3.63, 3.8) is 0 Å². The number of fused-ring (bicyclic) bond motifs is 2. The van der Waals surface area contributed by atoms with Crippen LogP contribution < -0.4 is 0 Å². The summed E-state index contributed by atoms with van der Waals surface area (Å²) < 4.78 is 69.9. The molecule has 1 spiro atoms. The molecule has 1 unspecified atom stereocenters. The van der Waals surface area contributed by atoms with E-state index in [2.05, 4.69) is 26.8 Å². The highest BCUT2D eigenvalue weighted by molar-refractivity contribution is 5.78. The van der Waals surface area contributed by atoms with Gasteiger partial charge in [0.25, 0.3) is 0 Å². The first kappa shape index (κ1) is 49.8. The second-order valence-electron chi connectivity index (χ2n) is 19.7. The molecular weight excluding hydrogens is 829 g/mol. The fourth-order valence-electron chi connectivity index (χ4n) is 11.3. The number of hydrogen-bond acceptors (Lipinski definition) is 15. The quantitative estimate of drug-likeness (QED) is 0.202. The van der Waals surface area contributed by atoms with Crippen LogP contribution in [0.3, 0.4) is 0 Å². The van der Waals surface area contributed by atoms with E-state index < -0.39 is 103 Å². The predicted octanol–water partition coefficient (Wildman–Crippen LogP) is 5.23. The van der Waals surface area contributed by atoms with Crippen LogP contribution in [0.25, 0.3) is 0 Å². The standard InChI is InChI=1S/C49H76O15/c1-12-25(2)43-29(6)36(50)23-48(64-43)22-34-19-33(63-48)17-16-27(4)42(61-40-21-38(55-10)45(31(8)59-40)62-39-20-37(54-9)41(51)30(7)58-39)26(3)14-13-15-32-24-57-46-44(56-11)28(5)18-35(47(52)60-34)49(32,46)53/h13-16,18,25-26,29-31,33-46,50-51,53H,12,17,19-24H2,1-11H3/b14-13+,27-16+,32-15+/t25-,26-,29-,30-,31-,33+,34-,35-,36?,37-,38-,39-,40-,41-,42-,43+,44+,45-,46+,48-,49+/m0/s1. The summed E-state index contributed by atoms with van der Waals surface area (Å²) in [6.45, 7) is 16.1. The number of esters is 1. The van der Waals surface area contributed by atoms with Gasteiger partial charge in [-0.1, -0.05) is 64.5 Å². The highest BCUT2D eigenvalue weighted by Gasteiger charge is 2.61. The van der Waals surface area contributed by atoms with Gasteiger partial charge in [-0.25, -0.2) is 0 Å². The van der Waals surface area contributed by atoms with Gasteiger partial charge in [0.05, 0.1) is 55.4 Å². The number of aliphatic hydroxyl groups excluding tert-OH is 2. The van der Waals surface area contributed by atoms with Crippen LogP contribution in [0.1, 0.15) is 100 Å². The van der Waals surface area contributed by atoms with Gasteiger partial charge in [-0.3, -0.25) is 4.79 Å². The maximum atomic E-state index is 14.5. The Kier molecular flexibility index (Phi) is 16.1. The van der Waals surface area contributed by atoms with Gasteiger partial charge in [0, 0.05) is 65.3 Å². The Morgan fingerprint density at radius 1 is 0.859 bits per heavy atom. The third-order valence-electron chi connectivity index (χ3n) is 15.3. The molecule has 6 aliphatic heterocycles. The van der Waals surface area contributed by atoms with Gasteiger partial charge in [-0.2, -0.15) is 0 Å². The predicted molar refractivity (Wildman–Crippen MR) is 234 cm³/mol. The molecule has 15 nitrogen and oxygen atoms in total. The highest BCUT2D eigenvalue weighted by Crippen LogP contribution is 2.48. The van der Waals surface area contributed by atoms with Crippen molar-refractivity contribution in [3.05, 3.63) is 47.1 Å². The molecule has 21 atom stereocenters. The maximum absolute atomic E-state index is 14.5. The van der Waals surface area contributed by atoms with Crippen molar-refractivity contribution in [1.82, 2.24) is 0 Å². The lowest BCUT2D eigenvalue weighted by Crippen LogP contribution is -2.60. The van der Waals surface area contributed by atoms with E-state index in [9.17, 15) is 20.1 Å². The molecule has 3 N–H and O–H groups in total. The number of ether oxygens (including phenoxy) is 11. The minimum absolute atomic E-state index is 0.0971. The number of aliphatic hydroxyl groups is 3. The highest BCUT2D eigenvalue weighted by atomic mass is 16.7. The summed E-state index contributed by atoms with van der Waals surface area (Å²) in [7, 11) is 4.79. The molecule has 0 radical (unpaired) electrons. The first-order valence-electron chi connectivity index (χ1n) is 23.6. The molecule has 0 aromatic heterocycles. The van der Waals surface area contributed by atoms with Crippen LogP contribution in [-0.4, -0.2) is 153 Å². The van der Waals surface area contributed by atoms with E-state index in [-0.39, 0.29) is 49.4 Å². The van der Waals surface area contributed by atoms with E-state index in [1.807, 2.05) is 45.9 Å². The largest absolute Gasteiger partial charge is 0.462 e. The zero-order valence-corrected chi connectivity index (χ0v) is 39.8. The number of carbonyl (C=O) groups is 1. The molecule has 362 valence electrons. The summed E-state index contributed by atoms with van der Waals surface area (Å²) >= 11 is 0. The van der Waals surface area contributed by atoms with Gasteiger partial charge in [-0.15, -0.1) is 0 Å². The summed E-state index contributed by atoms with van der Waals surface area (Å²) in [6.07, 6.45) is 4.40. The first-order valence-corrected chi connectivity index (χ1v) is 23.6. The van der Waals surface area contributed by atoms with Gasteiger partial charge in [0.1, 0.15) is 42.0 Å². The van der Waals surface area contributed by atoms with Crippen LogP contribution in [0.4, 0.5) is 0 Å². The van der Waals surface area contributed by atoms with Crippen LogP contribution in [0.15, 0.2) is 47.1 Å². The summed E-state index contributed by atoms with van der Waals surface area (Å²) in [6, 6.07) is 0. The van der Waals surface area contributed by atoms with Crippen LogP contribution in [0.5, 0.6) is 0 Å². The molecule has 0 amide bonds. The zero-order valence-electron chi connectivity index (χ0n) is 39.8. The average molecular weight is 905 g/mol. The molecule has 7 rings (SSSR count). The molecule has 7 aliphatic rings. The van der Waals surface area contributed by atoms with E-state index in [0.717, 1.165) is 17.6 Å². The van der Waals surface area contributed by atoms with Gasteiger partial charge >= 0.3 is 5.97 Å². The lowest BCUT2D eigenvalue weighted by atomic mass is 9.70. The summed E-state index contributed by atoms with van der Waals surface area (Å²) in [5.41, 5.74) is 0.516. The van der Waals surface area contributed by atoms with Crippen LogP contribution in [-0.2, 0) is 56.9 Å². The fourth-order valence-corrected chi connectivity index (χ4v) is 11.3. The smallest absolute Gasteiger partial charge is 0.316 e. The normalized spacial score (nSPS) is 49.4. The van der Waals surface area contributed by atoms with Crippen LogP contribution >= 0.6 is 0 Å². The second kappa shape index (κ2) is 20.6. The molecule has 15 heteroatoms. The van der Waals surface area contributed by atoms with E-state index >= 15 is 0 Å². The maximum Gasteiger partial charge on any atom is 0.316 e. The number of hydrogen-bond donors (Lipinski definition) is 3. The third kappa shape index (κ3) is 10.0. The molecule has 2 bridgehead atoms. The van der Waals surface area contributed by atoms with Crippen molar-refractivity contribution in [2.75, 3.05) is 27.9 Å². The molecule has 5 saturated heterocycles. The molecule has 0 saturated carbocycles. The molecular formula is C49H76O15. The van der Waals surface area contributed by atoms with Crippen molar-refractivity contribution in [2.24, 2.45) is 23.7 Å². The van der Waals surface area contributed by atoms with Crippen molar-refractivity contribution >= 4 is 5.97 Å². The lowest BCUT2D eigenvalue weighted by molar-refractivity contribution is -0.354. The first-order chi connectivity index (χ1) is 30.4. The Morgan fingerprint density at radius 2 is 1.56 bits per heavy atom. The number of carbonyl (C=O) groups excluding carboxylic acids is 1. The van der Waals surface area contributed by atoms with Gasteiger partial charge in [0.2, 0.25) is 0 Å². The molecule has 64 heavy (non-hydrogen) atoms. The van der Waals surface area contributed by atoms with E-state index in [4.69, 9.17) is 52.1 Å². The Bertz CT molecular complexity index is 1730. The molecule has 5 fully saturated rings. The number of allylic oxidation sites excluding steroid dienone is 2. The minimum atomic E-state index is -1.74. The van der Waals surface area contributed by atoms with Crippen LogP contribution in [0.2, 0.25) is 0 Å². The fraction of sp³-hybridized carbons (Fsp3) is 0.816. The number of methoxy groups -OCH3 is 3. The molecule has 6 heterocycles. The lowest BCUT2D eigenvalue weighted by Gasteiger charge is -2.52. The average Bonchev–Trinajstić information content (AvgIpc) is 3.59. The monoisotopic (exact) mass is 905 g/mol. The van der Waals surface area contributed by atoms with Gasteiger partial charge < -0.3 is 67.4 Å². The summed E-state index contributed by atoms with van der Waals surface area (Å²) in [5, 5.41) is 34.8. The third-order valence-corrected chi connectivity index (χ3v) is 15.3. The van der Waals surface area contributed by atoms with E-state index in [0.29, 0.717) is 31.3 Å². The van der Waals surface area contributed by atoms with Crippen molar-refractivity contribution < 1.29 is 72.2 Å². The van der Waals surface area contributed by atoms with Crippen molar-refractivity contribution in [2.45, 2.75) is 204 Å². The Morgan fingerprint density at radius 3 is 2.27 bits per heavy atom. The summed E-state index contributed by atoms with van der Waals surface area (Å²) in [4.78, 5) is 14.5. The Hall–Kier alpha value is -2.09. The topological polar surface area (TPSA) is 179 Å².